The molecule has 0 aliphatic heterocycles. The van der Waals surface area contributed by atoms with Crippen LogP contribution in [0.1, 0.15) is 24.8 Å². The minimum absolute atomic E-state index is 0.569. The molecule has 96 valence electrons. The van der Waals surface area contributed by atoms with E-state index in [1.54, 1.807) is 0 Å². The Balaban J connectivity index is 1.61. The van der Waals surface area contributed by atoms with Crippen LogP contribution >= 0.6 is 0 Å². The van der Waals surface area contributed by atoms with Gasteiger partial charge in [-0.2, -0.15) is 0 Å². The molecule has 0 radical (unpaired) electrons. The zero-order chi connectivity index (χ0) is 12.6. The number of nitrogens with zero attached hydrogens (tertiary/aromatic N) is 2. The smallest absolute Gasteiger partial charge is 0.0945 e. The highest BCUT2D eigenvalue weighted by molar-refractivity contribution is 5.18. The maximum absolute atomic E-state index is 4.03. The molecule has 3 heteroatoms. The molecule has 0 saturated heterocycles. The predicted molar refractivity (Wildman–Crippen MR) is 74.6 cm³/mol. The molecule has 1 aromatic heterocycles. The SMILES string of the molecule is CC(CNCCCn1ccnc1)c1ccccc1. The lowest BCUT2D eigenvalue weighted by atomic mass is 10.0. The lowest BCUT2D eigenvalue weighted by molar-refractivity contribution is 0.556. The van der Waals surface area contributed by atoms with Gasteiger partial charge in [0.15, 0.2) is 0 Å². The summed E-state index contributed by atoms with van der Waals surface area (Å²) in [5, 5.41) is 3.51. The fraction of sp³-hybridized carbons (Fsp3) is 0.400. The first kappa shape index (κ1) is 12.8. The molecule has 2 rings (SSSR count). The molecule has 1 aromatic carbocycles. The van der Waals surface area contributed by atoms with Crippen molar-refractivity contribution in [2.45, 2.75) is 25.8 Å². The summed E-state index contributed by atoms with van der Waals surface area (Å²) in [6.07, 6.45) is 6.84. The molecule has 0 amide bonds. The molecule has 1 N–H and O–H groups in total. The van der Waals surface area contributed by atoms with E-state index in [4.69, 9.17) is 0 Å². The Morgan fingerprint density at radius 2 is 2.11 bits per heavy atom. The molecule has 0 aliphatic rings. The van der Waals surface area contributed by atoms with Crippen molar-refractivity contribution in [2.75, 3.05) is 13.1 Å². The van der Waals surface area contributed by atoms with Gasteiger partial charge in [-0.15, -0.1) is 0 Å². The Bertz CT molecular complexity index is 422. The van der Waals surface area contributed by atoms with Crippen molar-refractivity contribution < 1.29 is 0 Å². The molecule has 0 spiro atoms. The molecule has 0 bridgehead atoms. The summed E-state index contributed by atoms with van der Waals surface area (Å²) in [5.74, 6) is 0.569. The van der Waals surface area contributed by atoms with E-state index in [1.165, 1.54) is 5.56 Å². The highest BCUT2D eigenvalue weighted by Gasteiger charge is 2.03. The van der Waals surface area contributed by atoms with Crippen molar-refractivity contribution in [3.63, 3.8) is 0 Å². The van der Waals surface area contributed by atoms with Gasteiger partial charge in [-0.1, -0.05) is 37.3 Å². The number of hydrogen-bond acceptors (Lipinski definition) is 2. The minimum atomic E-state index is 0.569. The van der Waals surface area contributed by atoms with Crippen LogP contribution in [0.2, 0.25) is 0 Å². The topological polar surface area (TPSA) is 29.9 Å². The van der Waals surface area contributed by atoms with Crippen LogP contribution in [0.15, 0.2) is 49.1 Å². The molecule has 1 unspecified atom stereocenters. The standard InChI is InChI=1S/C15H21N3/c1-14(15-6-3-2-4-7-15)12-16-8-5-10-18-11-9-17-13-18/h2-4,6-7,9,11,13-14,16H,5,8,10,12H2,1H3. The van der Waals surface area contributed by atoms with Crippen LogP contribution in [0, 0.1) is 0 Å². The van der Waals surface area contributed by atoms with Gasteiger partial charge in [0.05, 0.1) is 6.33 Å². The largest absolute Gasteiger partial charge is 0.337 e. The van der Waals surface area contributed by atoms with Gasteiger partial charge in [0, 0.05) is 25.5 Å². The number of aromatic nitrogens is 2. The van der Waals surface area contributed by atoms with E-state index in [0.29, 0.717) is 5.92 Å². The van der Waals surface area contributed by atoms with Crippen molar-refractivity contribution in [2.24, 2.45) is 0 Å². The first-order valence-corrected chi connectivity index (χ1v) is 6.57. The van der Waals surface area contributed by atoms with E-state index >= 15 is 0 Å². The predicted octanol–water partition coefficient (Wildman–Crippen LogP) is 2.67. The van der Waals surface area contributed by atoms with E-state index in [1.807, 2.05) is 18.7 Å². The van der Waals surface area contributed by atoms with Gasteiger partial charge in [-0.25, -0.2) is 4.98 Å². The second kappa shape index (κ2) is 6.97. The molecule has 2 aromatic rings. The zero-order valence-electron chi connectivity index (χ0n) is 10.9. The van der Waals surface area contributed by atoms with Crippen LogP contribution in [0.3, 0.4) is 0 Å². The number of imidazole rings is 1. The molecule has 3 nitrogen and oxygen atoms in total. The quantitative estimate of drug-likeness (QED) is 0.758. The Hall–Kier alpha value is -1.61. The fourth-order valence-electron chi connectivity index (χ4n) is 2.02. The van der Waals surface area contributed by atoms with Crippen LogP contribution in [0.25, 0.3) is 0 Å². The van der Waals surface area contributed by atoms with E-state index in [-0.39, 0.29) is 0 Å². The van der Waals surface area contributed by atoms with Crippen molar-refractivity contribution in [3.8, 4) is 0 Å². The number of nitrogens with one attached hydrogen (secondary N) is 1. The lowest BCUT2D eigenvalue weighted by Crippen LogP contribution is -2.22. The van der Waals surface area contributed by atoms with Crippen LogP contribution in [-0.2, 0) is 6.54 Å². The molecule has 0 aliphatic carbocycles. The average molecular weight is 243 g/mol. The maximum Gasteiger partial charge on any atom is 0.0945 e. The van der Waals surface area contributed by atoms with Crippen LogP contribution < -0.4 is 5.32 Å². The van der Waals surface area contributed by atoms with Crippen LogP contribution in [0.5, 0.6) is 0 Å². The van der Waals surface area contributed by atoms with Crippen LogP contribution in [-0.4, -0.2) is 22.6 Å². The van der Waals surface area contributed by atoms with Gasteiger partial charge < -0.3 is 9.88 Å². The second-order valence-corrected chi connectivity index (χ2v) is 4.67. The maximum atomic E-state index is 4.03. The summed E-state index contributed by atoms with van der Waals surface area (Å²) in [7, 11) is 0. The van der Waals surface area contributed by atoms with Crippen molar-refractivity contribution in [1.82, 2.24) is 14.9 Å². The Morgan fingerprint density at radius 3 is 2.83 bits per heavy atom. The summed E-state index contributed by atoms with van der Waals surface area (Å²) in [6, 6.07) is 10.7. The summed E-state index contributed by atoms with van der Waals surface area (Å²) in [5.41, 5.74) is 1.40. The first-order chi connectivity index (χ1) is 8.86. The van der Waals surface area contributed by atoms with Crippen molar-refractivity contribution >= 4 is 0 Å². The Kier molecular flexibility index (Phi) is 4.97. The highest BCUT2D eigenvalue weighted by atomic mass is 15.0. The van der Waals surface area contributed by atoms with Gasteiger partial charge in [-0.05, 0) is 24.4 Å². The molecule has 1 atom stereocenters. The minimum Gasteiger partial charge on any atom is -0.337 e. The summed E-state index contributed by atoms with van der Waals surface area (Å²) >= 11 is 0. The summed E-state index contributed by atoms with van der Waals surface area (Å²) in [4.78, 5) is 4.03. The third-order valence-corrected chi connectivity index (χ3v) is 3.15. The number of rotatable bonds is 7. The van der Waals surface area contributed by atoms with Gasteiger partial charge in [0.2, 0.25) is 0 Å². The van der Waals surface area contributed by atoms with Crippen molar-refractivity contribution in [3.05, 3.63) is 54.6 Å². The van der Waals surface area contributed by atoms with E-state index in [2.05, 4.69) is 52.1 Å². The number of aryl methyl sites for hydroxylation is 1. The van der Waals surface area contributed by atoms with Gasteiger partial charge in [-0.3, -0.25) is 0 Å². The number of hydrogen-bond donors (Lipinski definition) is 1. The zero-order valence-corrected chi connectivity index (χ0v) is 10.9. The van der Waals surface area contributed by atoms with Crippen LogP contribution in [0.4, 0.5) is 0 Å². The molecule has 0 saturated carbocycles. The highest BCUT2D eigenvalue weighted by Crippen LogP contribution is 2.12. The van der Waals surface area contributed by atoms with Gasteiger partial charge >= 0.3 is 0 Å². The monoisotopic (exact) mass is 243 g/mol. The van der Waals surface area contributed by atoms with E-state index in [0.717, 1.165) is 26.1 Å². The molecule has 0 fully saturated rings. The Morgan fingerprint density at radius 1 is 1.28 bits per heavy atom. The van der Waals surface area contributed by atoms with Gasteiger partial charge in [0.25, 0.3) is 0 Å². The third-order valence-electron chi connectivity index (χ3n) is 3.15. The first-order valence-electron chi connectivity index (χ1n) is 6.57. The third kappa shape index (κ3) is 4.00. The molecular weight excluding hydrogens is 222 g/mol. The fourth-order valence-corrected chi connectivity index (χ4v) is 2.02. The second-order valence-electron chi connectivity index (χ2n) is 4.67. The number of benzene rings is 1. The van der Waals surface area contributed by atoms with Gasteiger partial charge in [0.1, 0.15) is 0 Å². The molecule has 18 heavy (non-hydrogen) atoms. The van der Waals surface area contributed by atoms with E-state index in [9.17, 15) is 0 Å². The summed E-state index contributed by atoms with van der Waals surface area (Å²) in [6.45, 7) is 5.38. The normalized spacial score (nSPS) is 12.5. The van der Waals surface area contributed by atoms with Crippen molar-refractivity contribution in [1.29, 1.82) is 0 Å². The summed E-state index contributed by atoms with van der Waals surface area (Å²) < 4.78 is 2.11. The molecular formula is C15H21N3. The molecule has 1 heterocycles. The average Bonchev–Trinajstić information content (AvgIpc) is 2.92. The lowest BCUT2D eigenvalue weighted by Gasteiger charge is -2.13. The Labute approximate surface area is 109 Å². The van der Waals surface area contributed by atoms with E-state index < -0.39 is 0 Å².